The van der Waals surface area contributed by atoms with Crippen LogP contribution in [0.4, 0.5) is 5.13 Å². The van der Waals surface area contributed by atoms with Gasteiger partial charge in [0.1, 0.15) is 0 Å². The highest BCUT2D eigenvalue weighted by Crippen LogP contribution is 2.32. The molecule has 102 valence electrons. The topological polar surface area (TPSA) is 28.2 Å². The van der Waals surface area contributed by atoms with Crippen molar-refractivity contribution >= 4 is 28.2 Å². The molecule has 0 bridgehead atoms. The Hall–Kier alpha value is -0.260. The van der Waals surface area contributed by atoms with Crippen LogP contribution in [0.2, 0.25) is 0 Å². The van der Waals surface area contributed by atoms with Crippen LogP contribution in [0.3, 0.4) is 0 Å². The van der Waals surface area contributed by atoms with Gasteiger partial charge in [0.25, 0.3) is 0 Å². The van der Waals surface area contributed by atoms with Gasteiger partial charge >= 0.3 is 0 Å². The van der Waals surface area contributed by atoms with Crippen LogP contribution in [0.5, 0.6) is 0 Å². The summed E-state index contributed by atoms with van der Waals surface area (Å²) in [5.74, 6) is 0. The molecule has 1 aromatic rings. The Labute approximate surface area is 118 Å². The van der Waals surface area contributed by atoms with E-state index >= 15 is 0 Å². The number of thioether (sulfide) groups is 1. The smallest absolute Gasteiger partial charge is 0.185 e. The van der Waals surface area contributed by atoms with E-state index in [1.165, 1.54) is 10.0 Å². The van der Waals surface area contributed by atoms with Gasteiger partial charge in [-0.2, -0.15) is 11.8 Å². The minimum absolute atomic E-state index is 0.412. The number of hydrogen-bond acceptors (Lipinski definition) is 5. The van der Waals surface area contributed by atoms with E-state index in [9.17, 15) is 0 Å². The van der Waals surface area contributed by atoms with Gasteiger partial charge in [0.05, 0.1) is 0 Å². The summed E-state index contributed by atoms with van der Waals surface area (Å²) in [6.45, 7) is 12.2. The molecular formula is C13H23N3S2. The van der Waals surface area contributed by atoms with Crippen molar-refractivity contribution in [3.8, 4) is 0 Å². The van der Waals surface area contributed by atoms with Crippen LogP contribution in [0.1, 0.15) is 38.6 Å². The molecule has 3 unspecified atom stereocenters. The molecule has 5 heteroatoms. The summed E-state index contributed by atoms with van der Waals surface area (Å²) in [7, 11) is 0. The first kappa shape index (κ1) is 14.2. The predicted molar refractivity (Wildman–Crippen MR) is 82.9 cm³/mol. The number of nitrogens with one attached hydrogen (secondary N) is 1. The first-order chi connectivity index (χ1) is 8.60. The summed E-state index contributed by atoms with van der Waals surface area (Å²) in [6, 6.07) is 0.412. The zero-order valence-corrected chi connectivity index (χ0v) is 13.3. The zero-order chi connectivity index (χ0) is 13.1. The fraction of sp³-hybridized carbons (Fsp3) is 0.769. The second kappa shape index (κ2) is 6.26. The number of hydrogen-bond donors (Lipinski definition) is 1. The second-order valence-electron chi connectivity index (χ2n) is 4.99. The van der Waals surface area contributed by atoms with E-state index in [-0.39, 0.29) is 0 Å². The van der Waals surface area contributed by atoms with Gasteiger partial charge in [0.15, 0.2) is 5.13 Å². The van der Waals surface area contributed by atoms with Crippen molar-refractivity contribution in [3.05, 3.63) is 11.1 Å². The fourth-order valence-corrected chi connectivity index (χ4v) is 4.65. The lowest BCUT2D eigenvalue weighted by Crippen LogP contribution is -2.40. The van der Waals surface area contributed by atoms with Crippen LogP contribution in [-0.2, 0) is 0 Å². The number of anilines is 1. The molecule has 1 aliphatic heterocycles. The van der Waals surface area contributed by atoms with Gasteiger partial charge in [0.2, 0.25) is 0 Å². The normalized spacial score (nSPS) is 26.3. The molecule has 1 N–H and O–H groups in total. The molecule has 0 aliphatic carbocycles. The van der Waals surface area contributed by atoms with Gasteiger partial charge in [-0.1, -0.05) is 20.8 Å². The first-order valence-corrected chi connectivity index (χ1v) is 8.45. The summed E-state index contributed by atoms with van der Waals surface area (Å²) >= 11 is 3.92. The molecule has 18 heavy (non-hydrogen) atoms. The average Bonchev–Trinajstić information content (AvgIpc) is 2.77. The Morgan fingerprint density at radius 3 is 2.72 bits per heavy atom. The summed E-state index contributed by atoms with van der Waals surface area (Å²) in [5, 5.41) is 6.03. The van der Waals surface area contributed by atoms with Gasteiger partial charge in [0, 0.05) is 40.7 Å². The van der Waals surface area contributed by atoms with Crippen molar-refractivity contribution < 1.29 is 0 Å². The van der Waals surface area contributed by atoms with Crippen molar-refractivity contribution in [1.82, 2.24) is 10.3 Å². The Bertz CT molecular complexity index is 370. The molecule has 2 heterocycles. The van der Waals surface area contributed by atoms with E-state index in [0.29, 0.717) is 16.5 Å². The van der Waals surface area contributed by atoms with E-state index < -0.39 is 0 Å². The molecule has 3 nitrogen and oxygen atoms in total. The molecule has 1 aromatic heterocycles. The highest BCUT2D eigenvalue weighted by molar-refractivity contribution is 8.00. The largest absolute Gasteiger partial charge is 0.346 e. The molecule has 0 amide bonds. The number of rotatable bonds is 4. The van der Waals surface area contributed by atoms with Gasteiger partial charge in [-0.15, -0.1) is 11.3 Å². The lowest BCUT2D eigenvalue weighted by atomic mass is 10.3. The van der Waals surface area contributed by atoms with Gasteiger partial charge < -0.3 is 10.2 Å². The standard InChI is InChI=1S/C13H23N3S2/c1-5-14-11(4)12-6-15-13(18-12)16-7-9(2)17-10(3)8-16/h6,9-11,14H,5,7-8H2,1-4H3. The maximum absolute atomic E-state index is 4.61. The van der Waals surface area contributed by atoms with Crippen molar-refractivity contribution in [2.75, 3.05) is 24.5 Å². The maximum atomic E-state index is 4.61. The number of nitrogens with zero attached hydrogens (tertiary/aromatic N) is 2. The Kier molecular flexibility index (Phi) is 4.92. The van der Waals surface area contributed by atoms with E-state index in [2.05, 4.69) is 54.7 Å². The van der Waals surface area contributed by atoms with Crippen LogP contribution in [-0.4, -0.2) is 35.1 Å². The predicted octanol–water partition coefficient (Wildman–Crippen LogP) is 3.14. The van der Waals surface area contributed by atoms with Crippen molar-refractivity contribution in [2.24, 2.45) is 0 Å². The molecule has 0 spiro atoms. The van der Waals surface area contributed by atoms with Gasteiger partial charge in [-0.3, -0.25) is 0 Å². The van der Waals surface area contributed by atoms with E-state index in [4.69, 9.17) is 0 Å². The van der Waals surface area contributed by atoms with Crippen LogP contribution in [0.15, 0.2) is 6.20 Å². The third-order valence-electron chi connectivity index (χ3n) is 3.14. The molecule has 3 atom stereocenters. The Balaban J connectivity index is 2.05. The molecule has 2 rings (SSSR count). The van der Waals surface area contributed by atoms with Crippen molar-refractivity contribution in [1.29, 1.82) is 0 Å². The molecule has 0 aromatic carbocycles. The van der Waals surface area contributed by atoms with Crippen LogP contribution >= 0.6 is 23.1 Å². The Morgan fingerprint density at radius 2 is 2.11 bits per heavy atom. The fourth-order valence-electron chi connectivity index (χ4n) is 2.36. The summed E-state index contributed by atoms with van der Waals surface area (Å²) in [5.41, 5.74) is 0. The third kappa shape index (κ3) is 3.39. The summed E-state index contributed by atoms with van der Waals surface area (Å²) in [6.07, 6.45) is 2.03. The first-order valence-electron chi connectivity index (χ1n) is 6.69. The molecule has 1 fully saturated rings. The van der Waals surface area contributed by atoms with E-state index in [1.807, 2.05) is 17.5 Å². The van der Waals surface area contributed by atoms with E-state index in [1.54, 1.807) is 0 Å². The van der Waals surface area contributed by atoms with Gasteiger partial charge in [-0.25, -0.2) is 4.98 Å². The van der Waals surface area contributed by atoms with E-state index in [0.717, 1.165) is 19.6 Å². The maximum Gasteiger partial charge on any atom is 0.185 e. The summed E-state index contributed by atoms with van der Waals surface area (Å²) in [4.78, 5) is 8.39. The lowest BCUT2D eigenvalue weighted by molar-refractivity contribution is 0.606. The van der Waals surface area contributed by atoms with Crippen LogP contribution in [0, 0.1) is 0 Å². The highest BCUT2D eigenvalue weighted by Gasteiger charge is 2.24. The Morgan fingerprint density at radius 1 is 1.44 bits per heavy atom. The average molecular weight is 285 g/mol. The van der Waals surface area contributed by atoms with Crippen LogP contribution in [0.25, 0.3) is 0 Å². The molecule has 0 radical (unpaired) electrons. The molecule has 1 saturated heterocycles. The quantitative estimate of drug-likeness (QED) is 0.920. The van der Waals surface area contributed by atoms with Crippen molar-refractivity contribution in [3.63, 3.8) is 0 Å². The molecule has 0 saturated carbocycles. The SMILES string of the molecule is CCNC(C)c1cnc(N2CC(C)SC(C)C2)s1. The number of thiazole rings is 1. The second-order valence-corrected chi connectivity index (χ2v) is 7.91. The number of aromatic nitrogens is 1. The zero-order valence-electron chi connectivity index (χ0n) is 11.6. The van der Waals surface area contributed by atoms with Crippen molar-refractivity contribution in [2.45, 2.75) is 44.2 Å². The third-order valence-corrected chi connectivity index (χ3v) is 5.61. The lowest BCUT2D eigenvalue weighted by Gasteiger charge is -2.34. The highest BCUT2D eigenvalue weighted by atomic mass is 32.2. The molecular weight excluding hydrogens is 262 g/mol. The van der Waals surface area contributed by atoms with Crippen LogP contribution < -0.4 is 10.2 Å². The molecule has 1 aliphatic rings. The monoisotopic (exact) mass is 285 g/mol. The minimum atomic E-state index is 0.412. The summed E-state index contributed by atoms with van der Waals surface area (Å²) < 4.78 is 0. The van der Waals surface area contributed by atoms with Gasteiger partial charge in [-0.05, 0) is 13.5 Å². The minimum Gasteiger partial charge on any atom is -0.346 e.